The Bertz CT molecular complexity index is 542. The number of benzene rings is 1. The fourth-order valence-electron chi connectivity index (χ4n) is 1.25. The molecule has 0 bridgehead atoms. The summed E-state index contributed by atoms with van der Waals surface area (Å²) >= 11 is 4.76. The summed E-state index contributed by atoms with van der Waals surface area (Å²) in [6.07, 6.45) is -0.514. The SMILES string of the molecule is COC(=O)Nc1nc(-c2cccc(Br)c2)cs1. The van der Waals surface area contributed by atoms with E-state index in [9.17, 15) is 4.79 Å². The van der Waals surface area contributed by atoms with Crippen molar-refractivity contribution < 1.29 is 9.53 Å². The Morgan fingerprint density at radius 2 is 2.35 bits per heavy atom. The van der Waals surface area contributed by atoms with Gasteiger partial charge in [-0.15, -0.1) is 11.3 Å². The third kappa shape index (κ3) is 3.04. The summed E-state index contributed by atoms with van der Waals surface area (Å²) in [6, 6.07) is 7.81. The summed E-state index contributed by atoms with van der Waals surface area (Å²) in [5.41, 5.74) is 1.82. The zero-order valence-corrected chi connectivity index (χ0v) is 11.3. The number of carbonyl (C=O) groups is 1. The molecule has 88 valence electrons. The van der Waals surface area contributed by atoms with E-state index in [1.54, 1.807) is 0 Å². The minimum atomic E-state index is -0.514. The van der Waals surface area contributed by atoms with Crippen molar-refractivity contribution in [2.24, 2.45) is 0 Å². The number of carbonyl (C=O) groups excluding carboxylic acids is 1. The average Bonchev–Trinajstić information content (AvgIpc) is 2.77. The summed E-state index contributed by atoms with van der Waals surface area (Å²) in [7, 11) is 1.32. The number of anilines is 1. The van der Waals surface area contributed by atoms with Crippen molar-refractivity contribution in [3.05, 3.63) is 34.1 Å². The molecular weight excluding hydrogens is 304 g/mol. The maximum atomic E-state index is 11.0. The number of aromatic nitrogens is 1. The highest BCUT2D eigenvalue weighted by molar-refractivity contribution is 9.10. The van der Waals surface area contributed by atoms with E-state index < -0.39 is 6.09 Å². The van der Waals surface area contributed by atoms with Gasteiger partial charge in [0.05, 0.1) is 12.8 Å². The molecule has 1 amide bonds. The van der Waals surface area contributed by atoms with E-state index in [4.69, 9.17) is 0 Å². The van der Waals surface area contributed by atoms with Crippen molar-refractivity contribution in [2.45, 2.75) is 0 Å². The molecule has 4 nitrogen and oxygen atoms in total. The van der Waals surface area contributed by atoms with Gasteiger partial charge in [0.15, 0.2) is 5.13 Å². The van der Waals surface area contributed by atoms with Crippen molar-refractivity contribution in [3.63, 3.8) is 0 Å². The summed E-state index contributed by atoms with van der Waals surface area (Å²) in [5.74, 6) is 0. The Labute approximate surface area is 111 Å². The lowest BCUT2D eigenvalue weighted by Gasteiger charge is -1.98. The molecule has 2 aromatic rings. The van der Waals surface area contributed by atoms with E-state index >= 15 is 0 Å². The van der Waals surface area contributed by atoms with Crippen LogP contribution in [0, 0.1) is 0 Å². The normalized spacial score (nSPS) is 10.0. The number of nitrogens with one attached hydrogen (secondary N) is 1. The first-order valence-electron chi connectivity index (χ1n) is 4.75. The molecule has 1 aromatic carbocycles. The van der Waals surface area contributed by atoms with Crippen LogP contribution in [0.3, 0.4) is 0 Å². The van der Waals surface area contributed by atoms with Crippen molar-refractivity contribution in [3.8, 4) is 11.3 Å². The van der Waals surface area contributed by atoms with E-state index in [2.05, 4.69) is 31.0 Å². The van der Waals surface area contributed by atoms with Crippen LogP contribution in [0.1, 0.15) is 0 Å². The van der Waals surface area contributed by atoms with Crippen molar-refractivity contribution in [1.82, 2.24) is 4.98 Å². The van der Waals surface area contributed by atoms with E-state index in [0.717, 1.165) is 15.7 Å². The molecule has 0 spiro atoms. The van der Waals surface area contributed by atoms with Crippen LogP contribution in [0.4, 0.5) is 9.93 Å². The highest BCUT2D eigenvalue weighted by atomic mass is 79.9. The van der Waals surface area contributed by atoms with Crippen LogP contribution in [0.5, 0.6) is 0 Å². The van der Waals surface area contributed by atoms with Gasteiger partial charge in [-0.25, -0.2) is 9.78 Å². The maximum Gasteiger partial charge on any atom is 0.413 e. The third-order valence-corrected chi connectivity index (χ3v) is 3.27. The van der Waals surface area contributed by atoms with Gasteiger partial charge in [0, 0.05) is 15.4 Å². The molecule has 0 radical (unpaired) electrons. The number of halogens is 1. The highest BCUT2D eigenvalue weighted by Crippen LogP contribution is 2.26. The standard InChI is InChI=1S/C11H9BrN2O2S/c1-16-11(15)14-10-13-9(6-17-10)7-3-2-4-8(12)5-7/h2-6H,1H3,(H,13,14,15). The first-order valence-corrected chi connectivity index (χ1v) is 6.43. The summed E-state index contributed by atoms with van der Waals surface area (Å²) in [5, 5.41) is 4.93. The first kappa shape index (κ1) is 12.1. The smallest absolute Gasteiger partial charge is 0.413 e. The minimum Gasteiger partial charge on any atom is -0.453 e. The number of thiazole rings is 1. The molecule has 0 aliphatic carbocycles. The van der Waals surface area contributed by atoms with Crippen LogP contribution in [0.2, 0.25) is 0 Å². The largest absolute Gasteiger partial charge is 0.453 e. The van der Waals surface area contributed by atoms with Crippen LogP contribution < -0.4 is 5.32 Å². The lowest BCUT2D eigenvalue weighted by molar-refractivity contribution is 0.187. The van der Waals surface area contributed by atoms with Crippen LogP contribution in [-0.2, 0) is 4.74 Å². The lowest BCUT2D eigenvalue weighted by Crippen LogP contribution is -2.10. The topological polar surface area (TPSA) is 51.2 Å². The quantitative estimate of drug-likeness (QED) is 0.918. The molecule has 17 heavy (non-hydrogen) atoms. The second kappa shape index (κ2) is 5.29. The number of rotatable bonds is 2. The van der Waals surface area contributed by atoms with Gasteiger partial charge in [-0.05, 0) is 12.1 Å². The molecule has 0 atom stereocenters. The number of hydrogen-bond donors (Lipinski definition) is 1. The van der Waals surface area contributed by atoms with Gasteiger partial charge in [-0.2, -0.15) is 0 Å². The summed E-state index contributed by atoms with van der Waals surface area (Å²) in [4.78, 5) is 15.3. The Hall–Kier alpha value is -1.40. The maximum absolute atomic E-state index is 11.0. The fourth-order valence-corrected chi connectivity index (χ4v) is 2.35. The predicted molar refractivity (Wildman–Crippen MR) is 71.3 cm³/mol. The summed E-state index contributed by atoms with van der Waals surface area (Å²) in [6.45, 7) is 0. The molecule has 2 rings (SSSR count). The predicted octanol–water partition coefficient (Wildman–Crippen LogP) is 3.75. The Balaban J connectivity index is 2.21. The van der Waals surface area contributed by atoms with E-state index in [-0.39, 0.29) is 0 Å². The second-order valence-electron chi connectivity index (χ2n) is 3.16. The molecule has 6 heteroatoms. The number of ether oxygens (including phenoxy) is 1. The molecule has 0 aliphatic heterocycles. The van der Waals surface area contributed by atoms with E-state index in [0.29, 0.717) is 5.13 Å². The fraction of sp³-hybridized carbons (Fsp3) is 0.0909. The summed E-state index contributed by atoms with van der Waals surface area (Å²) < 4.78 is 5.49. The van der Waals surface area contributed by atoms with Crippen molar-refractivity contribution >= 4 is 38.5 Å². The van der Waals surface area contributed by atoms with Gasteiger partial charge >= 0.3 is 6.09 Å². The minimum absolute atomic E-state index is 0.514. The number of methoxy groups -OCH3 is 1. The molecule has 1 heterocycles. The lowest BCUT2D eigenvalue weighted by atomic mass is 10.2. The molecule has 0 saturated heterocycles. The monoisotopic (exact) mass is 312 g/mol. The van der Waals surface area contributed by atoms with Gasteiger partial charge in [0.25, 0.3) is 0 Å². The zero-order valence-electron chi connectivity index (χ0n) is 8.94. The molecule has 0 fully saturated rings. The third-order valence-electron chi connectivity index (χ3n) is 2.02. The van der Waals surface area contributed by atoms with E-state index in [1.165, 1.54) is 18.4 Å². The van der Waals surface area contributed by atoms with Gasteiger partial charge in [-0.1, -0.05) is 28.1 Å². The molecule has 0 saturated carbocycles. The van der Waals surface area contributed by atoms with Crippen LogP contribution in [-0.4, -0.2) is 18.2 Å². The van der Waals surface area contributed by atoms with Crippen molar-refractivity contribution in [2.75, 3.05) is 12.4 Å². The molecule has 0 unspecified atom stereocenters. The van der Waals surface area contributed by atoms with Gasteiger partial charge in [0.2, 0.25) is 0 Å². The second-order valence-corrected chi connectivity index (χ2v) is 4.94. The first-order chi connectivity index (χ1) is 8.19. The Kier molecular flexibility index (Phi) is 3.75. The zero-order chi connectivity index (χ0) is 12.3. The molecule has 1 N–H and O–H groups in total. The number of hydrogen-bond acceptors (Lipinski definition) is 4. The van der Waals surface area contributed by atoms with Gasteiger partial charge in [0.1, 0.15) is 0 Å². The number of amides is 1. The van der Waals surface area contributed by atoms with Gasteiger partial charge < -0.3 is 4.74 Å². The Morgan fingerprint density at radius 1 is 1.53 bits per heavy atom. The molecule has 1 aromatic heterocycles. The van der Waals surface area contributed by atoms with Crippen LogP contribution in [0.25, 0.3) is 11.3 Å². The average molecular weight is 313 g/mol. The van der Waals surface area contributed by atoms with Gasteiger partial charge in [-0.3, -0.25) is 5.32 Å². The van der Waals surface area contributed by atoms with Crippen LogP contribution in [0.15, 0.2) is 34.1 Å². The van der Waals surface area contributed by atoms with Crippen molar-refractivity contribution in [1.29, 1.82) is 0 Å². The molecule has 0 aliphatic rings. The number of nitrogens with zero attached hydrogens (tertiary/aromatic N) is 1. The van der Waals surface area contributed by atoms with Crippen LogP contribution >= 0.6 is 27.3 Å². The molecular formula is C11H9BrN2O2S. The Morgan fingerprint density at radius 3 is 3.06 bits per heavy atom. The highest BCUT2D eigenvalue weighted by Gasteiger charge is 2.07. The van der Waals surface area contributed by atoms with E-state index in [1.807, 2.05) is 29.6 Å².